The Morgan fingerprint density at radius 3 is 2.30 bits per heavy atom. The number of methoxy groups -OCH3 is 1. The van der Waals surface area contributed by atoms with Gasteiger partial charge >= 0.3 is 6.18 Å². The number of nitrogens with one attached hydrogen (secondary N) is 1. The molecule has 1 unspecified atom stereocenters. The Balaban J connectivity index is 2.51. The summed E-state index contributed by atoms with van der Waals surface area (Å²) in [4.78, 5) is 27.4. The van der Waals surface area contributed by atoms with E-state index in [0.717, 1.165) is 17.2 Å². The van der Waals surface area contributed by atoms with Crippen LogP contribution in [0.25, 0.3) is 0 Å². The number of carbonyl (C=O) groups excluding carboxylic acids is 2. The number of benzene rings is 2. The molecule has 0 spiro atoms. The summed E-state index contributed by atoms with van der Waals surface area (Å²) >= 11 is 6.07. The molecule has 1 atom stereocenters. The monoisotopic (exact) mass is 563 g/mol. The fraction of sp³-hybridized carbons (Fsp3) is 0.417. The van der Waals surface area contributed by atoms with Crippen LogP contribution in [0.5, 0.6) is 5.75 Å². The quantitative estimate of drug-likeness (QED) is 0.470. The van der Waals surface area contributed by atoms with E-state index in [0.29, 0.717) is 27.8 Å². The number of hydrogen-bond acceptors (Lipinski definition) is 5. The summed E-state index contributed by atoms with van der Waals surface area (Å²) in [5, 5.41) is 2.40. The van der Waals surface area contributed by atoms with Crippen molar-refractivity contribution < 1.29 is 35.9 Å². The molecular weight excluding hydrogens is 535 g/mol. The van der Waals surface area contributed by atoms with Gasteiger partial charge in [-0.15, -0.1) is 0 Å². The molecule has 0 saturated carbocycles. The van der Waals surface area contributed by atoms with Gasteiger partial charge in [0.2, 0.25) is 21.8 Å². The van der Waals surface area contributed by atoms with E-state index < -0.39 is 51.9 Å². The number of ether oxygens (including phenoxy) is 1. The zero-order valence-electron chi connectivity index (χ0n) is 21.0. The van der Waals surface area contributed by atoms with Gasteiger partial charge in [0.05, 0.1) is 29.6 Å². The third kappa shape index (κ3) is 8.26. The lowest BCUT2D eigenvalue weighted by atomic mass is 10.1. The topological polar surface area (TPSA) is 96.0 Å². The van der Waals surface area contributed by atoms with Crippen LogP contribution in [0.2, 0.25) is 5.02 Å². The lowest BCUT2D eigenvalue weighted by Gasteiger charge is -2.32. The van der Waals surface area contributed by atoms with E-state index in [4.69, 9.17) is 16.3 Å². The van der Waals surface area contributed by atoms with Crippen LogP contribution in [0.3, 0.4) is 0 Å². The molecule has 13 heteroatoms. The maximum atomic E-state index is 13.5. The zero-order valence-corrected chi connectivity index (χ0v) is 22.5. The van der Waals surface area contributed by atoms with Crippen LogP contribution in [0, 0.1) is 0 Å². The molecule has 2 rings (SSSR count). The van der Waals surface area contributed by atoms with Crippen molar-refractivity contribution in [2.45, 2.75) is 45.6 Å². The lowest BCUT2D eigenvalue weighted by Crippen LogP contribution is -2.52. The second-order valence-corrected chi connectivity index (χ2v) is 11.0. The minimum atomic E-state index is -4.77. The van der Waals surface area contributed by atoms with Crippen LogP contribution in [0.1, 0.15) is 31.9 Å². The maximum absolute atomic E-state index is 13.5. The molecular formula is C24H29ClF3N3O5S. The summed E-state index contributed by atoms with van der Waals surface area (Å²) in [6.07, 6.45) is -4.02. The van der Waals surface area contributed by atoms with Gasteiger partial charge in [0.25, 0.3) is 0 Å². The average molecular weight is 564 g/mol. The first kappa shape index (κ1) is 30.2. The van der Waals surface area contributed by atoms with Crippen LogP contribution in [-0.4, -0.2) is 57.1 Å². The molecule has 0 aliphatic rings. The van der Waals surface area contributed by atoms with Gasteiger partial charge in [-0.3, -0.25) is 13.9 Å². The van der Waals surface area contributed by atoms with E-state index in [1.807, 2.05) is 0 Å². The minimum Gasteiger partial charge on any atom is -0.497 e. The first-order chi connectivity index (χ1) is 17.0. The number of carbonyl (C=O) groups is 2. The maximum Gasteiger partial charge on any atom is 0.416 e. The van der Waals surface area contributed by atoms with E-state index in [2.05, 4.69) is 5.32 Å². The average Bonchev–Trinajstić information content (AvgIpc) is 2.79. The van der Waals surface area contributed by atoms with Crippen molar-refractivity contribution >= 4 is 39.1 Å². The Morgan fingerprint density at radius 1 is 1.11 bits per heavy atom. The molecule has 0 saturated heterocycles. The van der Waals surface area contributed by atoms with E-state index in [9.17, 15) is 31.2 Å². The Bertz CT molecular complexity index is 1240. The SMILES string of the molecule is COc1cccc(CN(C(=O)CN(c2cc(C(F)(F)F)ccc2Cl)S(C)(=O)=O)C(C)C(=O)NC(C)C)c1. The number of anilines is 1. The van der Waals surface area contributed by atoms with Gasteiger partial charge in [0.1, 0.15) is 18.3 Å². The molecule has 2 aromatic carbocycles. The first-order valence-corrected chi connectivity index (χ1v) is 13.3. The number of amides is 2. The lowest BCUT2D eigenvalue weighted by molar-refractivity contribution is -0.139. The van der Waals surface area contributed by atoms with Gasteiger partial charge in [-0.25, -0.2) is 8.42 Å². The summed E-state index contributed by atoms with van der Waals surface area (Å²) < 4.78 is 70.9. The number of alkyl halides is 3. The van der Waals surface area contributed by atoms with E-state index in [-0.39, 0.29) is 17.6 Å². The summed E-state index contributed by atoms with van der Waals surface area (Å²) in [7, 11) is -2.80. The van der Waals surface area contributed by atoms with Gasteiger partial charge < -0.3 is 15.0 Å². The minimum absolute atomic E-state index is 0.101. The van der Waals surface area contributed by atoms with E-state index >= 15 is 0 Å². The number of nitrogens with zero attached hydrogens (tertiary/aromatic N) is 2. The Kier molecular flexibility index (Phi) is 9.84. The second kappa shape index (κ2) is 12.0. The van der Waals surface area contributed by atoms with Crippen molar-refractivity contribution in [1.82, 2.24) is 10.2 Å². The third-order valence-electron chi connectivity index (χ3n) is 5.31. The molecule has 2 amide bonds. The Morgan fingerprint density at radius 2 is 1.76 bits per heavy atom. The summed E-state index contributed by atoms with van der Waals surface area (Å²) in [5.41, 5.74) is -1.06. The molecule has 8 nitrogen and oxygen atoms in total. The van der Waals surface area contributed by atoms with Crippen LogP contribution >= 0.6 is 11.6 Å². The number of halogens is 4. The summed E-state index contributed by atoms with van der Waals surface area (Å²) in [6.45, 7) is 3.96. The molecule has 0 fully saturated rings. The van der Waals surface area contributed by atoms with Crippen LogP contribution < -0.4 is 14.4 Å². The number of hydrogen-bond donors (Lipinski definition) is 1. The van der Waals surface area contributed by atoms with Crippen molar-refractivity contribution in [3.05, 3.63) is 58.6 Å². The second-order valence-electron chi connectivity index (χ2n) is 8.65. The van der Waals surface area contributed by atoms with Crippen molar-refractivity contribution in [3.63, 3.8) is 0 Å². The van der Waals surface area contributed by atoms with Gasteiger partial charge in [-0.2, -0.15) is 13.2 Å². The fourth-order valence-corrected chi connectivity index (χ4v) is 4.55. The third-order valence-corrected chi connectivity index (χ3v) is 6.75. The van der Waals surface area contributed by atoms with Gasteiger partial charge in [-0.1, -0.05) is 23.7 Å². The molecule has 0 aliphatic heterocycles. The summed E-state index contributed by atoms with van der Waals surface area (Å²) in [5.74, 6) is -0.819. The predicted octanol–water partition coefficient (Wildman–Crippen LogP) is 4.08. The number of sulfonamides is 1. The van der Waals surface area contributed by atoms with Crippen LogP contribution in [0.15, 0.2) is 42.5 Å². The van der Waals surface area contributed by atoms with E-state index in [1.54, 1.807) is 38.1 Å². The molecule has 0 bridgehead atoms. The van der Waals surface area contributed by atoms with Gasteiger partial charge in [-0.05, 0) is 56.7 Å². The normalized spacial score (nSPS) is 12.7. The molecule has 204 valence electrons. The van der Waals surface area contributed by atoms with Crippen molar-refractivity contribution in [2.75, 3.05) is 24.2 Å². The standard InChI is InChI=1S/C24H29ClF3N3O5S/c1-15(2)29-23(33)16(3)30(13-17-7-6-8-19(11-17)36-4)22(32)14-31(37(5,34)35)21-12-18(24(26,27)28)9-10-20(21)25/h6-12,15-16H,13-14H2,1-5H3,(H,29,33). The van der Waals surface area contributed by atoms with Gasteiger partial charge in [0, 0.05) is 12.6 Å². The largest absolute Gasteiger partial charge is 0.497 e. The highest BCUT2D eigenvalue weighted by atomic mass is 35.5. The van der Waals surface area contributed by atoms with E-state index in [1.165, 1.54) is 14.0 Å². The molecule has 0 radical (unpaired) electrons. The van der Waals surface area contributed by atoms with Gasteiger partial charge in [0.15, 0.2) is 0 Å². The highest BCUT2D eigenvalue weighted by molar-refractivity contribution is 7.92. The molecule has 0 heterocycles. The van der Waals surface area contributed by atoms with Crippen LogP contribution in [0.4, 0.5) is 18.9 Å². The fourth-order valence-electron chi connectivity index (χ4n) is 3.43. The zero-order chi connectivity index (χ0) is 28.1. The van der Waals surface area contributed by atoms with Crippen molar-refractivity contribution in [2.24, 2.45) is 0 Å². The smallest absolute Gasteiger partial charge is 0.416 e. The molecule has 0 aliphatic carbocycles. The summed E-state index contributed by atoms with van der Waals surface area (Å²) in [6, 6.07) is 7.61. The van der Waals surface area contributed by atoms with Crippen molar-refractivity contribution in [1.29, 1.82) is 0 Å². The Labute approximate surface area is 219 Å². The molecule has 37 heavy (non-hydrogen) atoms. The first-order valence-electron chi connectivity index (χ1n) is 11.1. The predicted molar refractivity (Wildman–Crippen MR) is 135 cm³/mol. The van der Waals surface area contributed by atoms with Crippen LogP contribution in [-0.2, 0) is 32.3 Å². The molecule has 1 N–H and O–H groups in total. The highest BCUT2D eigenvalue weighted by Gasteiger charge is 2.34. The molecule has 0 aromatic heterocycles. The molecule has 2 aromatic rings. The Hall–Kier alpha value is -2.99. The van der Waals surface area contributed by atoms with Crippen molar-refractivity contribution in [3.8, 4) is 5.75 Å². The highest BCUT2D eigenvalue weighted by Crippen LogP contribution is 2.36. The number of rotatable bonds is 10.